The summed E-state index contributed by atoms with van der Waals surface area (Å²) in [5.41, 5.74) is 0. The van der Waals surface area contributed by atoms with Gasteiger partial charge in [0, 0.05) is 13.1 Å². The van der Waals surface area contributed by atoms with Gasteiger partial charge in [0.1, 0.15) is 0 Å². The highest BCUT2D eigenvalue weighted by molar-refractivity contribution is 7.48. The van der Waals surface area contributed by atoms with Gasteiger partial charge in [-0.2, -0.15) is 0 Å². The van der Waals surface area contributed by atoms with E-state index in [1.807, 2.05) is 6.92 Å². The molecule has 0 saturated heterocycles. The molecule has 0 fully saturated rings. The maximum absolute atomic E-state index is 13.5. The molecule has 0 rings (SSSR count). The van der Waals surface area contributed by atoms with Crippen LogP contribution in [0.15, 0.2) is 0 Å². The Labute approximate surface area is 321 Å². The molecule has 0 aromatic rings. The van der Waals surface area contributed by atoms with Crippen LogP contribution in [0.4, 0.5) is 0 Å². The predicted molar refractivity (Wildman–Crippen MR) is 225 cm³/mol. The average Bonchev–Trinajstić information content (AvgIpc) is 3.13. The van der Waals surface area contributed by atoms with E-state index in [4.69, 9.17) is 13.6 Å². The molecule has 0 aliphatic rings. The molecule has 0 atom stereocenters. The number of nitrogens with zero attached hydrogens (tertiary/aromatic N) is 2. The SMILES string of the molecule is CCCCCCCCCN(CCCCCCCCC)CCCOP(=O)(OCC)OCCCN(CCCCCCCCC)CCCCCCCCC. The van der Waals surface area contributed by atoms with Crippen LogP contribution in [0.3, 0.4) is 0 Å². The van der Waals surface area contributed by atoms with Crippen LogP contribution in [0, 0.1) is 0 Å². The first-order chi connectivity index (χ1) is 25.0. The zero-order valence-corrected chi connectivity index (χ0v) is 36.4. The van der Waals surface area contributed by atoms with Crippen molar-refractivity contribution in [1.29, 1.82) is 0 Å². The van der Waals surface area contributed by atoms with Crippen molar-refractivity contribution in [3.05, 3.63) is 0 Å². The summed E-state index contributed by atoms with van der Waals surface area (Å²) in [6, 6.07) is 0. The van der Waals surface area contributed by atoms with E-state index in [0.29, 0.717) is 19.8 Å². The van der Waals surface area contributed by atoms with E-state index < -0.39 is 7.82 Å². The highest BCUT2D eigenvalue weighted by Gasteiger charge is 2.26. The van der Waals surface area contributed by atoms with Crippen LogP contribution >= 0.6 is 7.82 Å². The molecule has 0 aliphatic heterocycles. The second kappa shape index (κ2) is 41.2. The molecule has 7 heteroatoms. The van der Waals surface area contributed by atoms with E-state index in [2.05, 4.69) is 37.5 Å². The maximum atomic E-state index is 13.5. The monoisotopic (exact) mass is 745 g/mol. The summed E-state index contributed by atoms with van der Waals surface area (Å²) in [7, 11) is -3.53. The number of unbranched alkanes of at least 4 members (excludes halogenated alkanes) is 24. The molecular formula is C44H93N2O4P. The van der Waals surface area contributed by atoms with Gasteiger partial charge in [0.25, 0.3) is 0 Å². The minimum Gasteiger partial charge on any atom is -0.303 e. The fourth-order valence-corrected chi connectivity index (χ4v) is 8.29. The van der Waals surface area contributed by atoms with Gasteiger partial charge in [-0.3, -0.25) is 13.6 Å². The van der Waals surface area contributed by atoms with Gasteiger partial charge < -0.3 is 9.80 Å². The zero-order chi connectivity index (χ0) is 37.4. The summed E-state index contributed by atoms with van der Waals surface area (Å²) in [6.45, 7) is 18.8. The Morgan fingerprint density at radius 2 is 0.549 bits per heavy atom. The van der Waals surface area contributed by atoms with Crippen molar-refractivity contribution in [1.82, 2.24) is 9.80 Å². The van der Waals surface area contributed by atoms with Crippen LogP contribution in [0.1, 0.15) is 227 Å². The minimum absolute atomic E-state index is 0.336. The predicted octanol–water partition coefficient (Wildman–Crippen LogP) is 14.6. The first kappa shape index (κ1) is 51.0. The fourth-order valence-electron chi connectivity index (χ4n) is 7.04. The molecule has 0 aromatic carbocycles. The summed E-state index contributed by atoms with van der Waals surface area (Å²) in [5, 5.41) is 0. The van der Waals surface area contributed by atoms with E-state index in [1.54, 1.807) is 0 Å². The lowest BCUT2D eigenvalue weighted by Gasteiger charge is -2.24. The van der Waals surface area contributed by atoms with Gasteiger partial charge in [0.15, 0.2) is 0 Å². The molecule has 6 nitrogen and oxygen atoms in total. The summed E-state index contributed by atoms with van der Waals surface area (Å²) in [5.74, 6) is 0. The van der Waals surface area contributed by atoms with Gasteiger partial charge >= 0.3 is 7.82 Å². The lowest BCUT2D eigenvalue weighted by Crippen LogP contribution is -2.28. The Balaban J connectivity index is 4.68. The largest absolute Gasteiger partial charge is 0.474 e. The Morgan fingerprint density at radius 3 is 0.804 bits per heavy atom. The van der Waals surface area contributed by atoms with E-state index >= 15 is 0 Å². The van der Waals surface area contributed by atoms with Crippen molar-refractivity contribution in [2.45, 2.75) is 227 Å². The van der Waals surface area contributed by atoms with Crippen LogP contribution in [-0.4, -0.2) is 68.9 Å². The van der Waals surface area contributed by atoms with E-state index in [1.165, 1.54) is 180 Å². The van der Waals surface area contributed by atoms with Gasteiger partial charge in [0.05, 0.1) is 19.8 Å². The number of rotatable bonds is 44. The lowest BCUT2D eigenvalue weighted by molar-refractivity contribution is 0.107. The first-order valence-corrected chi connectivity index (χ1v) is 24.5. The molecule has 308 valence electrons. The van der Waals surface area contributed by atoms with Crippen LogP contribution in [0.25, 0.3) is 0 Å². The summed E-state index contributed by atoms with van der Waals surface area (Å²) >= 11 is 0. The smallest absolute Gasteiger partial charge is 0.303 e. The standard InChI is InChI=1S/C44H93N2O4P/c1-6-11-15-19-23-27-31-37-45(38-32-28-24-20-16-12-7-2)41-35-43-49-51(47,48-10-5)50-44-36-42-46(39-33-29-25-21-17-13-8-3)40-34-30-26-22-18-14-9-4/h6-44H2,1-5H3. The number of phosphoric ester groups is 1. The zero-order valence-electron chi connectivity index (χ0n) is 35.6. The second-order valence-corrected chi connectivity index (χ2v) is 17.1. The van der Waals surface area contributed by atoms with E-state index in [-0.39, 0.29) is 0 Å². The van der Waals surface area contributed by atoms with Gasteiger partial charge in [-0.15, -0.1) is 0 Å². The van der Waals surface area contributed by atoms with Gasteiger partial charge in [-0.05, 0) is 71.6 Å². The van der Waals surface area contributed by atoms with Crippen LogP contribution in [-0.2, 0) is 18.1 Å². The van der Waals surface area contributed by atoms with Crippen molar-refractivity contribution in [3.8, 4) is 0 Å². The summed E-state index contributed by atoms with van der Waals surface area (Å²) in [4.78, 5) is 5.25. The molecule has 0 unspecified atom stereocenters. The number of hydrogen-bond donors (Lipinski definition) is 0. The van der Waals surface area contributed by atoms with Gasteiger partial charge in [-0.1, -0.05) is 182 Å². The molecule has 0 aliphatic carbocycles. The minimum atomic E-state index is -3.53. The highest BCUT2D eigenvalue weighted by atomic mass is 31.2. The third-order valence-corrected chi connectivity index (χ3v) is 11.9. The Kier molecular flexibility index (Phi) is 41.2. The molecule has 0 saturated carbocycles. The average molecular weight is 745 g/mol. The first-order valence-electron chi connectivity index (χ1n) is 23.0. The fraction of sp³-hybridized carbons (Fsp3) is 1.00. The van der Waals surface area contributed by atoms with Crippen LogP contribution in [0.5, 0.6) is 0 Å². The molecule has 0 amide bonds. The van der Waals surface area contributed by atoms with Crippen molar-refractivity contribution in [3.63, 3.8) is 0 Å². The Hall–Kier alpha value is 0.0300. The molecule has 0 heterocycles. The quantitative estimate of drug-likeness (QED) is 0.0457. The molecule has 0 bridgehead atoms. The Morgan fingerprint density at radius 1 is 0.314 bits per heavy atom. The van der Waals surface area contributed by atoms with E-state index in [0.717, 1.165) is 52.1 Å². The third kappa shape index (κ3) is 36.8. The van der Waals surface area contributed by atoms with Crippen molar-refractivity contribution in [2.24, 2.45) is 0 Å². The van der Waals surface area contributed by atoms with Crippen LogP contribution in [0.2, 0.25) is 0 Å². The van der Waals surface area contributed by atoms with Crippen molar-refractivity contribution >= 4 is 7.82 Å². The van der Waals surface area contributed by atoms with Gasteiger partial charge in [-0.25, -0.2) is 4.57 Å². The Bertz CT molecular complexity index is 625. The van der Waals surface area contributed by atoms with E-state index in [9.17, 15) is 4.57 Å². The van der Waals surface area contributed by atoms with Gasteiger partial charge in [0.2, 0.25) is 0 Å². The highest BCUT2D eigenvalue weighted by Crippen LogP contribution is 2.49. The molecule has 0 radical (unpaired) electrons. The molecule has 0 aromatic heterocycles. The topological polar surface area (TPSA) is 51.2 Å². The second-order valence-electron chi connectivity index (χ2n) is 15.4. The third-order valence-electron chi connectivity index (χ3n) is 10.3. The van der Waals surface area contributed by atoms with Crippen molar-refractivity contribution < 1.29 is 18.1 Å². The van der Waals surface area contributed by atoms with Crippen LogP contribution < -0.4 is 0 Å². The molecule has 0 N–H and O–H groups in total. The summed E-state index contributed by atoms with van der Waals surface area (Å²) < 4.78 is 30.9. The molecule has 0 spiro atoms. The molecular weight excluding hydrogens is 651 g/mol. The normalized spacial score (nSPS) is 12.2. The number of phosphoric acid groups is 1. The number of hydrogen-bond acceptors (Lipinski definition) is 6. The molecule has 51 heavy (non-hydrogen) atoms. The lowest BCUT2D eigenvalue weighted by atomic mass is 10.1. The maximum Gasteiger partial charge on any atom is 0.474 e. The summed E-state index contributed by atoms with van der Waals surface area (Å²) in [6.07, 6.45) is 39.4. The van der Waals surface area contributed by atoms with Crippen molar-refractivity contribution in [2.75, 3.05) is 59.1 Å².